The Morgan fingerprint density at radius 2 is 1.37 bits per heavy atom. The third-order valence-electron chi connectivity index (χ3n) is 2.76. The summed E-state index contributed by atoms with van der Waals surface area (Å²) in [6.07, 6.45) is 9.19. The minimum atomic E-state index is 0. The lowest BCUT2D eigenvalue weighted by Gasteiger charge is -2.02. The second-order valence-electron chi connectivity index (χ2n) is 4.18. The van der Waals surface area contributed by atoms with E-state index in [-0.39, 0.29) is 27.0 Å². The number of phenolic OH excluding ortho intramolecular Hbond substituents is 1. The Morgan fingerprint density at radius 3 is 1.89 bits per heavy atom. The molecule has 0 saturated heterocycles. The van der Waals surface area contributed by atoms with Crippen LogP contribution < -0.4 is 0 Å². The Hall–Kier alpha value is -0.610. The molecular formula is C15H28O2S2. The van der Waals surface area contributed by atoms with Crippen molar-refractivity contribution >= 4 is 33.8 Å². The Labute approximate surface area is 131 Å². The Bertz CT molecular complexity index is 276. The molecule has 0 aliphatic heterocycles. The number of unbranched alkanes of at least 4 members (excludes halogenated alkanes) is 5. The number of carbonyl (C=O) groups is 1. The van der Waals surface area contributed by atoms with Crippen molar-refractivity contribution < 1.29 is 9.90 Å². The zero-order valence-corrected chi connectivity index (χ0v) is 13.8. The molecule has 0 aliphatic carbocycles. The van der Waals surface area contributed by atoms with Gasteiger partial charge < -0.3 is 9.90 Å². The molecule has 0 unspecified atom stereocenters. The molecule has 1 rings (SSSR count). The summed E-state index contributed by atoms with van der Waals surface area (Å²) in [6, 6.07) is 7.57. The summed E-state index contributed by atoms with van der Waals surface area (Å²) >= 11 is 0. The Kier molecular flexibility index (Phi) is 21.5. The summed E-state index contributed by atoms with van der Waals surface area (Å²) in [5, 5.41) is 9.13. The standard InChI is InChI=1S/C14H22O.CH2O.2H2S/c1-2-3-4-5-6-7-8-13-9-11-14(15)12-10-13;1-2;;/h9-12,15H,2-8H2,1H3;1H2;2*1H2. The van der Waals surface area contributed by atoms with Gasteiger partial charge in [0.05, 0.1) is 0 Å². The van der Waals surface area contributed by atoms with Gasteiger partial charge in [-0.3, -0.25) is 0 Å². The van der Waals surface area contributed by atoms with Gasteiger partial charge in [0, 0.05) is 0 Å². The van der Waals surface area contributed by atoms with E-state index < -0.39 is 0 Å². The highest BCUT2D eigenvalue weighted by atomic mass is 32.1. The first-order chi connectivity index (χ1) is 8.33. The van der Waals surface area contributed by atoms with Crippen molar-refractivity contribution in [1.29, 1.82) is 0 Å². The second kappa shape index (κ2) is 17.4. The monoisotopic (exact) mass is 304 g/mol. The van der Waals surface area contributed by atoms with Crippen molar-refractivity contribution in [3.8, 4) is 5.75 Å². The van der Waals surface area contributed by atoms with Gasteiger partial charge in [0.15, 0.2) is 0 Å². The van der Waals surface area contributed by atoms with E-state index in [9.17, 15) is 0 Å². The lowest BCUT2D eigenvalue weighted by molar-refractivity contribution is -0.0979. The van der Waals surface area contributed by atoms with Crippen LogP contribution in [0.25, 0.3) is 0 Å². The van der Waals surface area contributed by atoms with E-state index in [1.165, 1.54) is 44.1 Å². The predicted octanol–water partition coefficient (Wildman–Crippen LogP) is 4.34. The average molecular weight is 305 g/mol. The zero-order chi connectivity index (χ0) is 12.9. The second-order valence-corrected chi connectivity index (χ2v) is 4.18. The number of carbonyl (C=O) groups excluding carboxylic acids is 1. The molecule has 0 bridgehead atoms. The SMILES string of the molecule is C=O.CCCCCCCCc1ccc(O)cc1.S.S. The molecule has 1 aromatic rings. The van der Waals surface area contributed by atoms with Crippen molar-refractivity contribution in [3.05, 3.63) is 29.8 Å². The molecule has 0 radical (unpaired) electrons. The van der Waals surface area contributed by atoms with E-state index in [1.807, 2.05) is 18.9 Å². The quantitative estimate of drug-likeness (QED) is 0.761. The number of rotatable bonds is 7. The van der Waals surface area contributed by atoms with Crippen molar-refractivity contribution in [3.63, 3.8) is 0 Å². The van der Waals surface area contributed by atoms with Crippen LogP contribution in [0.5, 0.6) is 5.75 Å². The van der Waals surface area contributed by atoms with Gasteiger partial charge in [-0.25, -0.2) is 0 Å². The van der Waals surface area contributed by atoms with Crippen LogP contribution in [0.15, 0.2) is 24.3 Å². The molecule has 0 fully saturated rings. The van der Waals surface area contributed by atoms with Gasteiger partial charge in [-0.1, -0.05) is 51.2 Å². The van der Waals surface area contributed by atoms with E-state index >= 15 is 0 Å². The number of aromatic hydroxyl groups is 1. The van der Waals surface area contributed by atoms with E-state index in [2.05, 4.69) is 6.92 Å². The predicted molar refractivity (Wildman–Crippen MR) is 93.1 cm³/mol. The number of aryl methyl sites for hydroxylation is 1. The number of hydrogen-bond donors (Lipinski definition) is 1. The van der Waals surface area contributed by atoms with E-state index in [0.29, 0.717) is 5.75 Å². The first-order valence-electron chi connectivity index (χ1n) is 6.39. The van der Waals surface area contributed by atoms with E-state index in [4.69, 9.17) is 9.90 Å². The van der Waals surface area contributed by atoms with Crippen LogP contribution in [0.2, 0.25) is 0 Å². The van der Waals surface area contributed by atoms with Gasteiger partial charge in [-0.2, -0.15) is 27.0 Å². The Morgan fingerprint density at radius 1 is 0.895 bits per heavy atom. The molecule has 1 N–H and O–H groups in total. The summed E-state index contributed by atoms with van der Waals surface area (Å²) in [5.74, 6) is 0.363. The van der Waals surface area contributed by atoms with Gasteiger partial charge in [0.25, 0.3) is 0 Å². The molecule has 112 valence electrons. The summed E-state index contributed by atoms with van der Waals surface area (Å²) in [6.45, 7) is 4.25. The molecule has 0 saturated carbocycles. The maximum atomic E-state index is 9.13. The van der Waals surface area contributed by atoms with Gasteiger partial charge in [0.2, 0.25) is 0 Å². The average Bonchev–Trinajstić information content (AvgIpc) is 2.38. The minimum Gasteiger partial charge on any atom is -0.508 e. The van der Waals surface area contributed by atoms with Crippen LogP contribution in [0.3, 0.4) is 0 Å². The van der Waals surface area contributed by atoms with Gasteiger partial charge in [-0.05, 0) is 30.5 Å². The molecule has 1 aromatic carbocycles. The Balaban J connectivity index is -0.000000609. The van der Waals surface area contributed by atoms with Crippen LogP contribution in [0.1, 0.15) is 51.0 Å². The van der Waals surface area contributed by atoms with Gasteiger partial charge in [-0.15, -0.1) is 0 Å². The molecule has 0 heterocycles. The highest BCUT2D eigenvalue weighted by Gasteiger charge is 1.94. The van der Waals surface area contributed by atoms with Crippen LogP contribution in [-0.4, -0.2) is 11.9 Å². The largest absolute Gasteiger partial charge is 0.508 e. The molecule has 0 aliphatic rings. The molecule has 4 heteroatoms. The van der Waals surface area contributed by atoms with Crippen molar-refractivity contribution in [1.82, 2.24) is 0 Å². The van der Waals surface area contributed by atoms with E-state index in [1.54, 1.807) is 12.1 Å². The molecule has 0 amide bonds. The molecule has 0 aromatic heterocycles. The lowest BCUT2D eigenvalue weighted by atomic mass is 10.1. The van der Waals surface area contributed by atoms with E-state index in [0.717, 1.165) is 6.42 Å². The number of hydrogen-bond acceptors (Lipinski definition) is 2. The fraction of sp³-hybridized carbons (Fsp3) is 0.533. The summed E-state index contributed by atoms with van der Waals surface area (Å²) in [4.78, 5) is 8.00. The fourth-order valence-electron chi connectivity index (χ4n) is 1.77. The fourth-order valence-corrected chi connectivity index (χ4v) is 1.77. The molecule has 0 atom stereocenters. The van der Waals surface area contributed by atoms with Crippen LogP contribution in [-0.2, 0) is 11.2 Å². The highest BCUT2D eigenvalue weighted by Crippen LogP contribution is 2.13. The topological polar surface area (TPSA) is 37.3 Å². The molecule has 2 nitrogen and oxygen atoms in total. The summed E-state index contributed by atoms with van der Waals surface area (Å²) < 4.78 is 0. The highest BCUT2D eigenvalue weighted by molar-refractivity contribution is 7.59. The molecule has 19 heavy (non-hydrogen) atoms. The first-order valence-corrected chi connectivity index (χ1v) is 6.39. The normalized spacial score (nSPS) is 8.47. The van der Waals surface area contributed by atoms with Crippen LogP contribution >= 0.6 is 27.0 Å². The third kappa shape index (κ3) is 13.6. The van der Waals surface area contributed by atoms with Gasteiger partial charge in [0.1, 0.15) is 12.5 Å². The van der Waals surface area contributed by atoms with Crippen molar-refractivity contribution in [2.75, 3.05) is 0 Å². The number of phenols is 1. The summed E-state index contributed by atoms with van der Waals surface area (Å²) in [5.41, 5.74) is 1.34. The maximum absolute atomic E-state index is 9.13. The number of benzene rings is 1. The molecule has 0 spiro atoms. The zero-order valence-electron chi connectivity index (χ0n) is 11.8. The van der Waals surface area contributed by atoms with Gasteiger partial charge >= 0.3 is 0 Å². The van der Waals surface area contributed by atoms with Crippen LogP contribution in [0, 0.1) is 0 Å². The maximum Gasteiger partial charge on any atom is 0.115 e. The van der Waals surface area contributed by atoms with Crippen molar-refractivity contribution in [2.45, 2.75) is 51.9 Å². The minimum absolute atomic E-state index is 0. The van der Waals surface area contributed by atoms with Crippen LogP contribution in [0.4, 0.5) is 0 Å². The molecular weight excluding hydrogens is 276 g/mol. The lowest BCUT2D eigenvalue weighted by Crippen LogP contribution is -1.85. The summed E-state index contributed by atoms with van der Waals surface area (Å²) in [7, 11) is 0. The van der Waals surface area contributed by atoms with Crippen molar-refractivity contribution in [2.24, 2.45) is 0 Å². The smallest absolute Gasteiger partial charge is 0.115 e. The third-order valence-corrected chi connectivity index (χ3v) is 2.76. The first kappa shape index (κ1) is 23.5.